The summed E-state index contributed by atoms with van der Waals surface area (Å²) in [6, 6.07) is 0. The minimum Gasteiger partial charge on any atom is -0.358 e. The summed E-state index contributed by atoms with van der Waals surface area (Å²) in [6.45, 7) is 17.8. The van der Waals surface area contributed by atoms with Crippen LogP contribution in [0.4, 0.5) is 0 Å². The topological polar surface area (TPSA) is 0 Å². The second-order valence-electron chi connectivity index (χ2n) is 4.40. The predicted octanol–water partition coefficient (Wildman–Crippen LogP) is 4.79. The van der Waals surface area contributed by atoms with E-state index in [0.717, 1.165) is 11.8 Å². The summed E-state index contributed by atoms with van der Waals surface area (Å²) in [4.78, 5) is 0. The van der Waals surface area contributed by atoms with E-state index in [0.29, 0.717) is 5.41 Å². The summed E-state index contributed by atoms with van der Waals surface area (Å²) in [5.41, 5.74) is 0.480. The van der Waals surface area contributed by atoms with E-state index in [4.69, 9.17) is 0 Å². The van der Waals surface area contributed by atoms with Gasteiger partial charge < -0.3 is 7.43 Å². The number of rotatable bonds is 1. The molecule has 0 unspecified atom stereocenters. The summed E-state index contributed by atoms with van der Waals surface area (Å²) >= 11 is 0. The molecular weight excluding hydrogens is 589 g/mol. The third-order valence-corrected chi connectivity index (χ3v) is 2.37. The molecule has 0 aromatic carbocycles. The Morgan fingerprint density at radius 2 is 0.824 bits per heavy atom. The molecule has 0 N–H and O–H groups in total. The van der Waals surface area contributed by atoms with Gasteiger partial charge in [-0.1, -0.05) is 55.4 Å². The zero-order valence-electron chi connectivity index (χ0n) is 13.5. The molecule has 0 aromatic rings. The van der Waals surface area contributed by atoms with Crippen molar-refractivity contribution in [2.45, 2.75) is 55.4 Å². The maximum absolute atomic E-state index is 2.32. The van der Waals surface area contributed by atoms with E-state index >= 15 is 0 Å². The van der Waals surface area contributed by atoms with Crippen LogP contribution in [-0.2, 0) is 164 Å². The summed E-state index contributed by atoms with van der Waals surface area (Å²) < 4.78 is 0. The summed E-state index contributed by atoms with van der Waals surface area (Å²) in [6.07, 6.45) is 0. The first-order valence-electron chi connectivity index (χ1n) is 4.85. The van der Waals surface area contributed by atoms with Crippen molar-refractivity contribution < 1.29 is 164 Å². The van der Waals surface area contributed by atoms with Crippen LogP contribution in [0.1, 0.15) is 55.4 Å². The Morgan fingerprint density at radius 1 is 0.647 bits per heavy atom. The van der Waals surface area contributed by atoms with Gasteiger partial charge >= 0.3 is 0 Å². The van der Waals surface area contributed by atoms with Crippen LogP contribution < -0.4 is 0 Å². The van der Waals surface area contributed by atoms with E-state index in [1.165, 1.54) is 0 Å². The molecular formula is C12H29Y5-. The van der Waals surface area contributed by atoms with E-state index in [1.807, 2.05) is 13.8 Å². The largest absolute Gasteiger partial charge is 0.358 e. The SMILES string of the molecule is CC.CC(C)[C@@H](C)C(C)(C)C.[CH3-].[Y].[Y].[Y].[Y].[Y]. The fourth-order valence-corrected chi connectivity index (χ4v) is 1.00. The van der Waals surface area contributed by atoms with E-state index in [2.05, 4.69) is 41.5 Å². The molecule has 0 heterocycles. The fourth-order valence-electron chi connectivity index (χ4n) is 1.00. The Labute approximate surface area is 238 Å². The maximum Gasteiger partial charge on any atom is 0 e. The minimum absolute atomic E-state index is 0. The molecule has 0 amide bonds. The molecule has 0 spiro atoms. The monoisotopic (exact) mass is 618 g/mol. The van der Waals surface area contributed by atoms with E-state index in [1.54, 1.807) is 0 Å². The van der Waals surface area contributed by atoms with Crippen molar-refractivity contribution in [3.8, 4) is 0 Å². The summed E-state index contributed by atoms with van der Waals surface area (Å²) in [5.74, 6) is 1.63. The van der Waals surface area contributed by atoms with Gasteiger partial charge in [0.05, 0.1) is 0 Å². The first-order chi connectivity index (χ1) is 4.85. The van der Waals surface area contributed by atoms with Crippen LogP contribution in [0.15, 0.2) is 0 Å². The smallest absolute Gasteiger partial charge is 0 e. The van der Waals surface area contributed by atoms with Crippen LogP contribution in [-0.4, -0.2) is 0 Å². The molecule has 1 atom stereocenters. The Kier molecular flexibility index (Phi) is 85.9. The van der Waals surface area contributed by atoms with E-state index < -0.39 is 0 Å². The van der Waals surface area contributed by atoms with Crippen molar-refractivity contribution in [3.63, 3.8) is 0 Å². The Balaban J connectivity index is -0.0000000160. The Hall–Kier alpha value is 5.52. The van der Waals surface area contributed by atoms with Gasteiger partial charge in [-0.3, -0.25) is 0 Å². The maximum atomic E-state index is 2.32. The molecule has 0 saturated heterocycles. The molecule has 0 aromatic heterocycles. The molecule has 93 valence electrons. The first-order valence-corrected chi connectivity index (χ1v) is 4.85. The van der Waals surface area contributed by atoms with Crippen LogP contribution in [0.2, 0.25) is 0 Å². The molecule has 0 nitrogen and oxygen atoms in total. The van der Waals surface area contributed by atoms with Crippen molar-refractivity contribution in [2.24, 2.45) is 17.3 Å². The van der Waals surface area contributed by atoms with Gasteiger partial charge in [0.1, 0.15) is 0 Å². The minimum atomic E-state index is 0. The predicted molar refractivity (Wildman–Crippen MR) is 61.2 cm³/mol. The van der Waals surface area contributed by atoms with Crippen LogP contribution in [0.5, 0.6) is 0 Å². The van der Waals surface area contributed by atoms with Crippen molar-refractivity contribution >= 4 is 0 Å². The average Bonchev–Trinajstić information content (AvgIpc) is 1.89. The average molecular weight is 618 g/mol. The standard InChI is InChI=1S/C9H20.C2H6.CH3.5Y/c1-7(2)8(3)9(4,5)6;1-2;;;;;;/h7-8H,1-6H3;1-2H3;1H3;;;;;/q;;-1;;;;;/t8-;;;;;;;/m1......./s1. The second kappa shape index (κ2) is 29.5. The summed E-state index contributed by atoms with van der Waals surface area (Å²) in [5, 5.41) is 0. The van der Waals surface area contributed by atoms with Gasteiger partial charge in [-0.05, 0) is 17.3 Å². The molecule has 17 heavy (non-hydrogen) atoms. The molecule has 0 saturated carbocycles. The van der Waals surface area contributed by atoms with Crippen molar-refractivity contribution in [2.75, 3.05) is 0 Å². The second-order valence-corrected chi connectivity index (χ2v) is 4.40. The fraction of sp³-hybridized carbons (Fsp3) is 0.917. The van der Waals surface area contributed by atoms with Gasteiger partial charge in [0.25, 0.3) is 0 Å². The van der Waals surface area contributed by atoms with Crippen molar-refractivity contribution in [1.29, 1.82) is 0 Å². The van der Waals surface area contributed by atoms with Gasteiger partial charge in [-0.2, -0.15) is 0 Å². The van der Waals surface area contributed by atoms with E-state index in [-0.39, 0.29) is 171 Å². The van der Waals surface area contributed by atoms with Gasteiger partial charge in [0, 0.05) is 164 Å². The molecule has 0 aliphatic carbocycles. The third kappa shape index (κ3) is 34.0. The van der Waals surface area contributed by atoms with Crippen molar-refractivity contribution in [1.82, 2.24) is 0 Å². The van der Waals surface area contributed by atoms with Crippen LogP contribution in [0.25, 0.3) is 0 Å². The quantitative estimate of drug-likeness (QED) is 0.372. The molecule has 5 radical (unpaired) electrons. The third-order valence-electron chi connectivity index (χ3n) is 2.37. The van der Waals surface area contributed by atoms with Crippen LogP contribution in [0, 0.1) is 24.7 Å². The van der Waals surface area contributed by atoms with Gasteiger partial charge in [-0.15, -0.1) is 0 Å². The van der Waals surface area contributed by atoms with Crippen LogP contribution >= 0.6 is 0 Å². The zero-order chi connectivity index (χ0) is 9.65. The molecule has 0 rings (SSSR count). The first kappa shape index (κ1) is 49.5. The summed E-state index contributed by atoms with van der Waals surface area (Å²) in [7, 11) is 0. The molecule has 0 bridgehead atoms. The molecule has 0 aliphatic heterocycles. The number of hydrogen-bond donors (Lipinski definition) is 0. The molecule has 5 heteroatoms. The van der Waals surface area contributed by atoms with Gasteiger partial charge in [-0.25, -0.2) is 0 Å². The van der Waals surface area contributed by atoms with Gasteiger partial charge in [0.15, 0.2) is 0 Å². The van der Waals surface area contributed by atoms with E-state index in [9.17, 15) is 0 Å². The van der Waals surface area contributed by atoms with Crippen molar-refractivity contribution in [3.05, 3.63) is 7.43 Å². The molecule has 0 aliphatic rings. The Morgan fingerprint density at radius 3 is 0.824 bits per heavy atom. The zero-order valence-corrected chi connectivity index (χ0v) is 27.7. The Bertz CT molecular complexity index is 89.4. The molecule has 0 fully saturated rings. The number of hydrogen-bond acceptors (Lipinski definition) is 0. The van der Waals surface area contributed by atoms with Crippen LogP contribution in [0.3, 0.4) is 0 Å². The normalized spacial score (nSPS) is 9.00. The van der Waals surface area contributed by atoms with Gasteiger partial charge in [0.2, 0.25) is 0 Å².